The highest BCUT2D eigenvalue weighted by Gasteiger charge is 2.31. The van der Waals surface area contributed by atoms with E-state index in [2.05, 4.69) is 41.7 Å². The molecule has 0 spiro atoms. The largest absolute Gasteiger partial charge is 0.448 e. The van der Waals surface area contributed by atoms with Crippen LogP contribution in [0.1, 0.15) is 42.3 Å². The molecule has 204 valence electrons. The van der Waals surface area contributed by atoms with E-state index in [4.69, 9.17) is 9.15 Å². The molecule has 0 amide bonds. The number of ether oxygens (including phenoxy) is 1. The summed E-state index contributed by atoms with van der Waals surface area (Å²) in [5.41, 5.74) is 4.42. The summed E-state index contributed by atoms with van der Waals surface area (Å²) in [5, 5.41) is 20.3. The van der Waals surface area contributed by atoms with Gasteiger partial charge in [-0.25, -0.2) is 5.10 Å². The van der Waals surface area contributed by atoms with Gasteiger partial charge in [0.25, 0.3) is 0 Å². The molecular weight excluding hydrogens is 577 g/mol. The second-order valence-corrected chi connectivity index (χ2v) is 9.96. The molecule has 0 atom stereocenters. The Hall–Kier alpha value is -3.51. The third-order valence-corrected chi connectivity index (χ3v) is 7.10. The second kappa shape index (κ2) is 11.3. The summed E-state index contributed by atoms with van der Waals surface area (Å²) < 4.78 is 53.1. The van der Waals surface area contributed by atoms with E-state index in [1.807, 2.05) is 49.4 Å². The zero-order valence-electron chi connectivity index (χ0n) is 21.3. The van der Waals surface area contributed by atoms with Crippen molar-refractivity contribution in [2.24, 2.45) is 0 Å². The lowest BCUT2D eigenvalue weighted by Gasteiger charge is -2.11. The van der Waals surface area contributed by atoms with Gasteiger partial charge < -0.3 is 9.15 Å². The Kier molecular flexibility index (Phi) is 7.85. The van der Waals surface area contributed by atoms with Crippen molar-refractivity contribution in [1.29, 1.82) is 0 Å². The standard InChI is InChI=1S/C27H26BrF3N6O2/c1-3-4-9-22-21(23(14-38-2)37(34-22)15-27(29,30)31)13-16-10-11-18-20(12-16)25(28)39-24(18)17-7-5-6-8-19(17)26-32-35-36-33-26/h5-8,10-12H,3-4,9,13-15H2,1-2H3,(H,32,33,35,36). The molecule has 0 aliphatic heterocycles. The van der Waals surface area contributed by atoms with Gasteiger partial charge >= 0.3 is 6.18 Å². The average Bonchev–Trinajstić information content (AvgIpc) is 3.62. The van der Waals surface area contributed by atoms with Crippen LogP contribution in [0.2, 0.25) is 0 Å². The van der Waals surface area contributed by atoms with Crippen molar-refractivity contribution < 1.29 is 22.3 Å². The van der Waals surface area contributed by atoms with Crippen molar-refractivity contribution in [2.45, 2.75) is 51.9 Å². The number of H-pyrrole nitrogens is 1. The van der Waals surface area contributed by atoms with Crippen molar-refractivity contribution in [3.63, 3.8) is 0 Å². The summed E-state index contributed by atoms with van der Waals surface area (Å²) in [6.07, 6.45) is -1.63. The van der Waals surface area contributed by atoms with Crippen LogP contribution in [0, 0.1) is 0 Å². The summed E-state index contributed by atoms with van der Waals surface area (Å²) in [6, 6.07) is 13.6. The number of furan rings is 1. The Morgan fingerprint density at radius 2 is 1.90 bits per heavy atom. The number of unbranched alkanes of at least 4 members (excludes halogenated alkanes) is 1. The van der Waals surface area contributed by atoms with Gasteiger partial charge in [-0.15, -0.1) is 5.10 Å². The molecule has 0 radical (unpaired) electrons. The van der Waals surface area contributed by atoms with Crippen LogP contribution in [-0.2, 0) is 30.7 Å². The van der Waals surface area contributed by atoms with Gasteiger partial charge in [-0.2, -0.15) is 18.3 Å². The molecule has 12 heteroatoms. The fourth-order valence-electron chi connectivity index (χ4n) is 4.76. The van der Waals surface area contributed by atoms with Crippen molar-refractivity contribution in [3.8, 4) is 22.7 Å². The van der Waals surface area contributed by atoms with Crippen LogP contribution in [0.15, 0.2) is 51.6 Å². The minimum absolute atomic E-state index is 0.0413. The fraction of sp³-hybridized carbons (Fsp3) is 0.333. The third kappa shape index (κ3) is 5.76. The summed E-state index contributed by atoms with van der Waals surface area (Å²) >= 11 is 3.56. The minimum Gasteiger partial charge on any atom is -0.448 e. The molecule has 0 aliphatic carbocycles. The first-order chi connectivity index (χ1) is 18.8. The molecule has 2 aromatic carbocycles. The first-order valence-electron chi connectivity index (χ1n) is 12.5. The Morgan fingerprint density at radius 1 is 1.10 bits per heavy atom. The number of aryl methyl sites for hydroxylation is 1. The van der Waals surface area contributed by atoms with Gasteiger partial charge in [-0.3, -0.25) is 4.68 Å². The Bertz CT molecular complexity index is 1580. The first-order valence-corrected chi connectivity index (χ1v) is 13.3. The summed E-state index contributed by atoms with van der Waals surface area (Å²) in [4.78, 5) is 0. The molecule has 0 bridgehead atoms. The van der Waals surface area contributed by atoms with Gasteiger partial charge in [0, 0.05) is 41.0 Å². The number of methoxy groups -OCH3 is 1. The predicted molar refractivity (Wildman–Crippen MR) is 143 cm³/mol. The smallest absolute Gasteiger partial charge is 0.408 e. The normalized spacial score (nSPS) is 12.1. The number of benzene rings is 2. The molecule has 1 N–H and O–H groups in total. The lowest BCUT2D eigenvalue weighted by Crippen LogP contribution is -2.21. The lowest BCUT2D eigenvalue weighted by atomic mass is 9.97. The maximum Gasteiger partial charge on any atom is 0.408 e. The van der Waals surface area contributed by atoms with E-state index in [9.17, 15) is 13.2 Å². The number of tetrazole rings is 1. The SMILES string of the molecule is CCCCc1nn(CC(F)(F)F)c(COC)c1Cc1ccc2c(-c3ccccc3-c3nnn[nH]3)oc(Br)c2c1. The fourth-order valence-corrected chi connectivity index (χ4v) is 5.25. The van der Waals surface area contributed by atoms with E-state index in [-0.39, 0.29) is 6.61 Å². The van der Waals surface area contributed by atoms with Gasteiger partial charge in [0.05, 0.1) is 18.0 Å². The predicted octanol–water partition coefficient (Wildman–Crippen LogP) is 6.88. The number of nitrogens with one attached hydrogen (secondary N) is 1. The van der Waals surface area contributed by atoms with Crippen LogP contribution in [0.25, 0.3) is 33.5 Å². The topological polar surface area (TPSA) is 94.6 Å². The number of aromatic amines is 1. The highest BCUT2D eigenvalue weighted by atomic mass is 79.9. The zero-order valence-corrected chi connectivity index (χ0v) is 22.9. The summed E-state index contributed by atoms with van der Waals surface area (Å²) in [6.45, 7) is 0.932. The van der Waals surface area contributed by atoms with Crippen LogP contribution >= 0.6 is 15.9 Å². The number of alkyl halides is 3. The highest BCUT2D eigenvalue weighted by molar-refractivity contribution is 9.10. The monoisotopic (exact) mass is 602 g/mol. The molecule has 0 saturated heterocycles. The van der Waals surface area contributed by atoms with E-state index in [1.54, 1.807) is 0 Å². The number of halogens is 4. The van der Waals surface area contributed by atoms with E-state index < -0.39 is 12.7 Å². The van der Waals surface area contributed by atoms with E-state index in [0.717, 1.165) is 50.5 Å². The molecule has 3 heterocycles. The lowest BCUT2D eigenvalue weighted by molar-refractivity contribution is -0.143. The number of hydrogen-bond donors (Lipinski definition) is 1. The van der Waals surface area contributed by atoms with Crippen molar-refractivity contribution in [1.82, 2.24) is 30.4 Å². The molecule has 0 aliphatic rings. The zero-order chi connectivity index (χ0) is 27.6. The maximum atomic E-state index is 13.3. The van der Waals surface area contributed by atoms with Gasteiger partial charge in [0.1, 0.15) is 12.3 Å². The molecule has 5 rings (SSSR count). The average molecular weight is 603 g/mol. The quantitative estimate of drug-likeness (QED) is 0.187. The number of hydrogen-bond acceptors (Lipinski definition) is 6. The van der Waals surface area contributed by atoms with Crippen LogP contribution in [0.4, 0.5) is 13.2 Å². The summed E-state index contributed by atoms with van der Waals surface area (Å²) in [5.74, 6) is 1.17. The second-order valence-electron chi connectivity index (χ2n) is 9.24. The molecule has 0 unspecified atom stereocenters. The van der Waals surface area contributed by atoms with E-state index in [1.165, 1.54) is 7.11 Å². The van der Waals surface area contributed by atoms with Gasteiger partial charge in [-0.1, -0.05) is 49.7 Å². The molecule has 0 fully saturated rings. The number of rotatable bonds is 10. The number of nitrogens with zero attached hydrogens (tertiary/aromatic N) is 5. The van der Waals surface area contributed by atoms with Crippen LogP contribution in [0.5, 0.6) is 0 Å². The van der Waals surface area contributed by atoms with Crippen molar-refractivity contribution in [2.75, 3.05) is 7.11 Å². The molecule has 8 nitrogen and oxygen atoms in total. The Balaban J connectivity index is 1.55. The maximum absolute atomic E-state index is 13.3. The van der Waals surface area contributed by atoms with Crippen LogP contribution in [-0.4, -0.2) is 43.7 Å². The third-order valence-electron chi connectivity index (χ3n) is 6.51. The molecule has 3 aromatic heterocycles. The Labute approximate surface area is 230 Å². The minimum atomic E-state index is -4.39. The van der Waals surface area contributed by atoms with Gasteiger partial charge in [0.15, 0.2) is 10.5 Å². The van der Waals surface area contributed by atoms with Crippen molar-refractivity contribution >= 4 is 26.7 Å². The van der Waals surface area contributed by atoms with Gasteiger partial charge in [-0.05, 0) is 50.8 Å². The molecule has 39 heavy (non-hydrogen) atoms. The number of fused-ring (bicyclic) bond motifs is 1. The number of aromatic nitrogens is 6. The van der Waals surface area contributed by atoms with E-state index >= 15 is 0 Å². The van der Waals surface area contributed by atoms with Gasteiger partial charge in [0.2, 0.25) is 0 Å². The highest BCUT2D eigenvalue weighted by Crippen LogP contribution is 2.41. The first kappa shape index (κ1) is 27.1. The van der Waals surface area contributed by atoms with Crippen LogP contribution in [0.3, 0.4) is 0 Å². The Morgan fingerprint density at radius 3 is 2.59 bits per heavy atom. The molecule has 5 aromatic rings. The molecular formula is C27H26BrF3N6O2. The molecule has 0 saturated carbocycles. The van der Waals surface area contributed by atoms with Crippen molar-refractivity contribution in [3.05, 3.63) is 69.6 Å². The van der Waals surface area contributed by atoms with Crippen LogP contribution < -0.4 is 0 Å². The summed E-state index contributed by atoms with van der Waals surface area (Å²) in [7, 11) is 1.48. The van der Waals surface area contributed by atoms with E-state index in [0.29, 0.717) is 40.5 Å².